The van der Waals surface area contributed by atoms with Crippen molar-refractivity contribution >= 4 is 5.82 Å². The third-order valence-electron chi connectivity index (χ3n) is 2.83. The lowest BCUT2D eigenvalue weighted by Crippen LogP contribution is -2.04. The molecular formula is C15H18N2O2. The molecule has 0 aliphatic heterocycles. The molecule has 0 fully saturated rings. The molecule has 2 rings (SSSR count). The summed E-state index contributed by atoms with van der Waals surface area (Å²) in [5, 5.41) is 0. The fourth-order valence-electron chi connectivity index (χ4n) is 1.76. The molecule has 1 heterocycles. The minimum Gasteiger partial charge on any atom is -0.497 e. The standard InChI is InChI=1S/C15H18N2O2/c1-11-3-8-14(15(16)17-11)19-10-9-12-4-6-13(18-2)7-5-12/h3-8H,9-10H2,1-2H3,(H2,16,17). The van der Waals surface area contributed by atoms with E-state index in [1.807, 2.05) is 43.3 Å². The highest BCUT2D eigenvalue weighted by atomic mass is 16.5. The first-order valence-electron chi connectivity index (χ1n) is 6.18. The van der Waals surface area contributed by atoms with Crippen LogP contribution < -0.4 is 15.2 Å². The van der Waals surface area contributed by atoms with E-state index in [4.69, 9.17) is 15.2 Å². The van der Waals surface area contributed by atoms with Crippen molar-refractivity contribution in [3.8, 4) is 11.5 Å². The number of ether oxygens (including phenoxy) is 2. The Balaban J connectivity index is 1.88. The minimum atomic E-state index is 0.440. The quantitative estimate of drug-likeness (QED) is 0.895. The molecule has 2 N–H and O–H groups in total. The number of methoxy groups -OCH3 is 1. The van der Waals surface area contributed by atoms with E-state index in [0.717, 1.165) is 17.9 Å². The lowest BCUT2D eigenvalue weighted by molar-refractivity contribution is 0.322. The maximum absolute atomic E-state index is 5.79. The lowest BCUT2D eigenvalue weighted by atomic mass is 10.1. The number of nitrogens with two attached hydrogens (primary N) is 1. The van der Waals surface area contributed by atoms with Crippen LogP contribution in [0.2, 0.25) is 0 Å². The Morgan fingerprint density at radius 3 is 2.47 bits per heavy atom. The molecule has 0 amide bonds. The van der Waals surface area contributed by atoms with Gasteiger partial charge in [0.2, 0.25) is 0 Å². The van der Waals surface area contributed by atoms with E-state index in [9.17, 15) is 0 Å². The van der Waals surface area contributed by atoms with Crippen molar-refractivity contribution in [2.75, 3.05) is 19.5 Å². The molecule has 1 aromatic carbocycles. The molecule has 4 nitrogen and oxygen atoms in total. The van der Waals surface area contributed by atoms with E-state index in [1.165, 1.54) is 5.56 Å². The van der Waals surface area contributed by atoms with Gasteiger partial charge in [-0.2, -0.15) is 0 Å². The zero-order chi connectivity index (χ0) is 13.7. The van der Waals surface area contributed by atoms with Crippen LogP contribution in [0.3, 0.4) is 0 Å². The number of rotatable bonds is 5. The van der Waals surface area contributed by atoms with Gasteiger partial charge in [-0.3, -0.25) is 0 Å². The largest absolute Gasteiger partial charge is 0.497 e. The second-order valence-electron chi connectivity index (χ2n) is 4.28. The van der Waals surface area contributed by atoms with Crippen LogP contribution in [0.4, 0.5) is 5.82 Å². The molecule has 100 valence electrons. The second-order valence-corrected chi connectivity index (χ2v) is 4.28. The van der Waals surface area contributed by atoms with Crippen LogP contribution in [0.1, 0.15) is 11.3 Å². The number of benzene rings is 1. The monoisotopic (exact) mass is 258 g/mol. The maximum Gasteiger partial charge on any atom is 0.166 e. The third-order valence-corrected chi connectivity index (χ3v) is 2.83. The molecule has 0 aliphatic carbocycles. The van der Waals surface area contributed by atoms with Crippen molar-refractivity contribution in [3.05, 3.63) is 47.7 Å². The zero-order valence-electron chi connectivity index (χ0n) is 11.2. The lowest BCUT2D eigenvalue weighted by Gasteiger charge is -2.09. The van der Waals surface area contributed by atoms with Crippen LogP contribution >= 0.6 is 0 Å². The first-order valence-corrected chi connectivity index (χ1v) is 6.18. The molecule has 0 unspecified atom stereocenters. The van der Waals surface area contributed by atoms with Gasteiger partial charge in [0.15, 0.2) is 11.6 Å². The first-order chi connectivity index (χ1) is 9.19. The summed E-state index contributed by atoms with van der Waals surface area (Å²) in [5.41, 5.74) is 7.87. The van der Waals surface area contributed by atoms with Gasteiger partial charge in [-0.05, 0) is 36.8 Å². The van der Waals surface area contributed by atoms with Gasteiger partial charge in [0.25, 0.3) is 0 Å². The van der Waals surface area contributed by atoms with Crippen molar-refractivity contribution in [1.82, 2.24) is 4.98 Å². The molecule has 0 aliphatic rings. The predicted molar refractivity (Wildman–Crippen MR) is 75.6 cm³/mol. The summed E-state index contributed by atoms with van der Waals surface area (Å²) in [5.74, 6) is 1.94. The molecule has 4 heteroatoms. The minimum absolute atomic E-state index is 0.440. The normalized spacial score (nSPS) is 10.2. The van der Waals surface area contributed by atoms with Crippen molar-refractivity contribution in [2.24, 2.45) is 0 Å². The Labute approximate surface area is 113 Å². The van der Waals surface area contributed by atoms with Crippen LogP contribution in [-0.4, -0.2) is 18.7 Å². The Morgan fingerprint density at radius 2 is 1.84 bits per heavy atom. The number of nitrogen functional groups attached to an aromatic ring is 1. The van der Waals surface area contributed by atoms with Gasteiger partial charge < -0.3 is 15.2 Å². The number of aromatic nitrogens is 1. The Hall–Kier alpha value is -2.23. The van der Waals surface area contributed by atoms with E-state index in [0.29, 0.717) is 18.2 Å². The number of anilines is 1. The molecule has 0 radical (unpaired) electrons. The molecule has 0 saturated carbocycles. The Bertz CT molecular complexity index is 538. The highest BCUT2D eigenvalue weighted by Crippen LogP contribution is 2.19. The van der Waals surface area contributed by atoms with E-state index in [1.54, 1.807) is 7.11 Å². The number of pyridine rings is 1. The SMILES string of the molecule is COc1ccc(CCOc2ccc(C)nc2N)cc1. The summed E-state index contributed by atoms with van der Waals surface area (Å²) in [6, 6.07) is 11.7. The van der Waals surface area contributed by atoms with Gasteiger partial charge in [0.05, 0.1) is 13.7 Å². The molecule has 0 bridgehead atoms. The number of nitrogens with zero attached hydrogens (tertiary/aromatic N) is 1. The van der Waals surface area contributed by atoms with Crippen LogP contribution in [0.5, 0.6) is 11.5 Å². The molecule has 2 aromatic rings. The van der Waals surface area contributed by atoms with E-state index in [-0.39, 0.29) is 0 Å². The molecule has 0 spiro atoms. The van der Waals surface area contributed by atoms with Crippen molar-refractivity contribution < 1.29 is 9.47 Å². The zero-order valence-corrected chi connectivity index (χ0v) is 11.2. The second kappa shape index (κ2) is 6.09. The topological polar surface area (TPSA) is 57.4 Å². The average molecular weight is 258 g/mol. The molecule has 1 aromatic heterocycles. The van der Waals surface area contributed by atoms with E-state index >= 15 is 0 Å². The smallest absolute Gasteiger partial charge is 0.166 e. The van der Waals surface area contributed by atoms with Crippen molar-refractivity contribution in [2.45, 2.75) is 13.3 Å². The summed E-state index contributed by atoms with van der Waals surface area (Å²) in [4.78, 5) is 4.16. The van der Waals surface area contributed by atoms with Crippen LogP contribution in [0.15, 0.2) is 36.4 Å². The molecule has 19 heavy (non-hydrogen) atoms. The highest BCUT2D eigenvalue weighted by molar-refractivity contribution is 5.46. The Morgan fingerprint density at radius 1 is 1.11 bits per heavy atom. The third kappa shape index (κ3) is 3.61. The summed E-state index contributed by atoms with van der Waals surface area (Å²) >= 11 is 0. The predicted octanol–water partition coefficient (Wildman–Crippen LogP) is 2.60. The Kier molecular flexibility index (Phi) is 4.23. The van der Waals surface area contributed by atoms with Gasteiger partial charge in [-0.1, -0.05) is 12.1 Å². The van der Waals surface area contributed by atoms with E-state index in [2.05, 4.69) is 4.98 Å². The number of hydrogen-bond acceptors (Lipinski definition) is 4. The summed E-state index contributed by atoms with van der Waals surface area (Å²) in [6.45, 7) is 2.47. The summed E-state index contributed by atoms with van der Waals surface area (Å²) < 4.78 is 10.7. The number of hydrogen-bond donors (Lipinski definition) is 1. The van der Waals surface area contributed by atoms with Gasteiger partial charge in [0.1, 0.15) is 5.75 Å². The molecular weight excluding hydrogens is 240 g/mol. The average Bonchev–Trinajstić information content (AvgIpc) is 2.42. The first kappa shape index (κ1) is 13.2. The van der Waals surface area contributed by atoms with Gasteiger partial charge in [0, 0.05) is 12.1 Å². The highest BCUT2D eigenvalue weighted by Gasteiger charge is 2.02. The fourth-order valence-corrected chi connectivity index (χ4v) is 1.76. The summed E-state index contributed by atoms with van der Waals surface area (Å²) in [7, 11) is 1.66. The van der Waals surface area contributed by atoms with E-state index < -0.39 is 0 Å². The molecule has 0 saturated heterocycles. The van der Waals surface area contributed by atoms with Crippen LogP contribution in [0.25, 0.3) is 0 Å². The van der Waals surface area contributed by atoms with Crippen molar-refractivity contribution in [3.63, 3.8) is 0 Å². The van der Waals surface area contributed by atoms with Crippen molar-refractivity contribution in [1.29, 1.82) is 0 Å². The molecule has 0 atom stereocenters. The maximum atomic E-state index is 5.79. The number of aryl methyl sites for hydroxylation is 1. The fraction of sp³-hybridized carbons (Fsp3) is 0.267. The van der Waals surface area contributed by atoms with Crippen LogP contribution in [0, 0.1) is 6.92 Å². The van der Waals surface area contributed by atoms with Gasteiger partial charge in [-0.15, -0.1) is 0 Å². The van der Waals surface area contributed by atoms with Gasteiger partial charge in [-0.25, -0.2) is 4.98 Å². The van der Waals surface area contributed by atoms with Crippen LogP contribution in [-0.2, 0) is 6.42 Å². The summed E-state index contributed by atoms with van der Waals surface area (Å²) in [6.07, 6.45) is 0.817. The van der Waals surface area contributed by atoms with Gasteiger partial charge >= 0.3 is 0 Å².